The van der Waals surface area contributed by atoms with Gasteiger partial charge in [-0.3, -0.25) is 0 Å². The van der Waals surface area contributed by atoms with E-state index in [2.05, 4.69) is 5.32 Å². The first-order valence-corrected chi connectivity index (χ1v) is 4.09. The Bertz CT molecular complexity index is 261. The molecule has 0 unspecified atom stereocenters. The molecule has 0 fully saturated rings. The van der Waals surface area contributed by atoms with Crippen molar-refractivity contribution in [2.24, 2.45) is 0 Å². The number of carbonyl (C=O) groups is 1. The molecule has 5 heteroatoms. The minimum Gasteiger partial charge on any atom is -0.465 e. The molecule has 0 bridgehead atoms. The summed E-state index contributed by atoms with van der Waals surface area (Å²) in [6.45, 7) is 0.326. The second-order valence-electron chi connectivity index (χ2n) is 1.86. The molecule has 0 spiro atoms. The maximum atomic E-state index is 10.0. The zero-order valence-electron chi connectivity index (χ0n) is 5.50. The van der Waals surface area contributed by atoms with E-state index in [1.165, 1.54) is 11.3 Å². The lowest BCUT2D eigenvalue weighted by Crippen LogP contribution is -2.19. The zero-order chi connectivity index (χ0) is 8.27. The van der Waals surface area contributed by atoms with Crippen molar-refractivity contribution in [1.82, 2.24) is 5.32 Å². The average Bonchev–Trinajstić information content (AvgIpc) is 2.31. The van der Waals surface area contributed by atoms with Crippen molar-refractivity contribution in [2.45, 2.75) is 6.54 Å². The lowest BCUT2D eigenvalue weighted by Gasteiger charge is -1.94. The number of carboxylic acid groups (broad SMARTS) is 1. The number of thiophene rings is 1. The van der Waals surface area contributed by atoms with Gasteiger partial charge in [-0.1, -0.05) is 11.6 Å². The smallest absolute Gasteiger partial charge is 0.404 e. The molecule has 1 aromatic rings. The van der Waals surface area contributed by atoms with Gasteiger partial charge in [-0.15, -0.1) is 11.3 Å². The average molecular weight is 192 g/mol. The number of rotatable bonds is 2. The van der Waals surface area contributed by atoms with Crippen molar-refractivity contribution in [1.29, 1.82) is 0 Å². The minimum absolute atomic E-state index is 0.326. The second kappa shape index (κ2) is 3.59. The number of nitrogens with one attached hydrogen (secondary N) is 1. The fourth-order valence-electron chi connectivity index (χ4n) is 0.609. The van der Waals surface area contributed by atoms with E-state index in [9.17, 15) is 4.79 Å². The standard InChI is InChI=1S/C6H6ClNO2S/c7-5-2-1-4(11-5)3-8-6(9)10/h1-2,8H,3H2,(H,9,10). The van der Waals surface area contributed by atoms with Crippen molar-refractivity contribution < 1.29 is 9.90 Å². The summed E-state index contributed by atoms with van der Waals surface area (Å²) < 4.78 is 0.673. The first kappa shape index (κ1) is 8.36. The van der Waals surface area contributed by atoms with E-state index in [1.54, 1.807) is 12.1 Å². The molecular weight excluding hydrogens is 186 g/mol. The first-order valence-electron chi connectivity index (χ1n) is 2.89. The summed E-state index contributed by atoms with van der Waals surface area (Å²) in [5.74, 6) is 0. The van der Waals surface area contributed by atoms with Crippen LogP contribution in [0.1, 0.15) is 4.88 Å². The molecule has 1 heterocycles. The zero-order valence-corrected chi connectivity index (χ0v) is 7.08. The SMILES string of the molecule is O=C(O)NCc1ccc(Cl)s1. The van der Waals surface area contributed by atoms with Crippen LogP contribution in [0, 0.1) is 0 Å². The Morgan fingerprint density at radius 3 is 2.91 bits per heavy atom. The van der Waals surface area contributed by atoms with Gasteiger partial charge in [0.25, 0.3) is 0 Å². The Hall–Kier alpha value is -0.740. The van der Waals surface area contributed by atoms with E-state index in [-0.39, 0.29) is 0 Å². The molecule has 0 aliphatic heterocycles. The second-order valence-corrected chi connectivity index (χ2v) is 3.66. The van der Waals surface area contributed by atoms with Gasteiger partial charge in [0.15, 0.2) is 0 Å². The van der Waals surface area contributed by atoms with Crippen LogP contribution >= 0.6 is 22.9 Å². The number of amides is 1. The molecule has 1 amide bonds. The van der Waals surface area contributed by atoms with Gasteiger partial charge >= 0.3 is 6.09 Å². The van der Waals surface area contributed by atoms with E-state index in [0.717, 1.165) is 4.88 Å². The molecule has 0 atom stereocenters. The van der Waals surface area contributed by atoms with E-state index in [4.69, 9.17) is 16.7 Å². The van der Waals surface area contributed by atoms with Crippen molar-refractivity contribution in [3.8, 4) is 0 Å². The van der Waals surface area contributed by atoms with Gasteiger partial charge in [0.05, 0.1) is 10.9 Å². The number of hydrogen-bond donors (Lipinski definition) is 2. The van der Waals surface area contributed by atoms with E-state index in [1.807, 2.05) is 0 Å². The summed E-state index contributed by atoms with van der Waals surface area (Å²) in [4.78, 5) is 11.0. The molecule has 11 heavy (non-hydrogen) atoms. The molecule has 0 aliphatic carbocycles. The van der Waals surface area contributed by atoms with Crippen LogP contribution < -0.4 is 5.32 Å². The monoisotopic (exact) mass is 191 g/mol. The van der Waals surface area contributed by atoms with Gasteiger partial charge in [0.1, 0.15) is 0 Å². The molecule has 1 aromatic heterocycles. The van der Waals surface area contributed by atoms with Crippen LogP contribution in [0.5, 0.6) is 0 Å². The fourth-order valence-corrected chi connectivity index (χ4v) is 1.64. The number of halogens is 1. The van der Waals surface area contributed by atoms with Crippen molar-refractivity contribution in [2.75, 3.05) is 0 Å². The third kappa shape index (κ3) is 2.78. The van der Waals surface area contributed by atoms with E-state index >= 15 is 0 Å². The summed E-state index contributed by atoms with van der Waals surface area (Å²) in [5.41, 5.74) is 0. The molecule has 0 radical (unpaired) electrons. The highest BCUT2D eigenvalue weighted by Gasteiger charge is 1.98. The van der Waals surface area contributed by atoms with Crippen LogP contribution in [0.3, 0.4) is 0 Å². The third-order valence-corrected chi connectivity index (χ3v) is 2.27. The highest BCUT2D eigenvalue weighted by Crippen LogP contribution is 2.20. The van der Waals surface area contributed by atoms with E-state index < -0.39 is 6.09 Å². The van der Waals surface area contributed by atoms with Gasteiger partial charge < -0.3 is 10.4 Å². The lowest BCUT2D eigenvalue weighted by molar-refractivity contribution is 0.194. The maximum Gasteiger partial charge on any atom is 0.404 e. The van der Waals surface area contributed by atoms with Gasteiger partial charge in [-0.2, -0.15) is 0 Å². The van der Waals surface area contributed by atoms with Crippen molar-refractivity contribution in [3.05, 3.63) is 21.3 Å². The van der Waals surface area contributed by atoms with Crippen LogP contribution in [-0.4, -0.2) is 11.2 Å². The van der Waals surface area contributed by atoms with E-state index in [0.29, 0.717) is 10.9 Å². The molecular formula is C6H6ClNO2S. The quantitative estimate of drug-likeness (QED) is 0.753. The lowest BCUT2D eigenvalue weighted by atomic mass is 10.5. The summed E-state index contributed by atoms with van der Waals surface area (Å²) >= 11 is 6.99. The third-order valence-electron chi connectivity index (χ3n) is 1.04. The Morgan fingerprint density at radius 2 is 2.45 bits per heavy atom. The minimum atomic E-state index is -1.02. The van der Waals surface area contributed by atoms with Crippen LogP contribution in [0.4, 0.5) is 4.79 Å². The predicted molar refractivity (Wildman–Crippen MR) is 44.2 cm³/mol. The van der Waals surface area contributed by atoms with Gasteiger partial charge in [0.2, 0.25) is 0 Å². The van der Waals surface area contributed by atoms with Crippen LogP contribution in [-0.2, 0) is 6.54 Å². The highest BCUT2D eigenvalue weighted by atomic mass is 35.5. The van der Waals surface area contributed by atoms with Gasteiger partial charge in [-0.05, 0) is 12.1 Å². The van der Waals surface area contributed by atoms with Crippen LogP contribution in [0.2, 0.25) is 4.34 Å². The molecule has 60 valence electrons. The maximum absolute atomic E-state index is 10.0. The van der Waals surface area contributed by atoms with Crippen LogP contribution in [0.25, 0.3) is 0 Å². The Morgan fingerprint density at radius 1 is 1.73 bits per heavy atom. The Kier molecular flexibility index (Phi) is 2.73. The molecule has 3 nitrogen and oxygen atoms in total. The molecule has 0 aliphatic rings. The molecule has 0 saturated carbocycles. The summed E-state index contributed by atoms with van der Waals surface area (Å²) in [6, 6.07) is 3.54. The van der Waals surface area contributed by atoms with Crippen LogP contribution in [0.15, 0.2) is 12.1 Å². The molecule has 0 aromatic carbocycles. The molecule has 0 saturated heterocycles. The first-order chi connectivity index (χ1) is 5.18. The normalized spacial score (nSPS) is 9.55. The highest BCUT2D eigenvalue weighted by molar-refractivity contribution is 7.16. The van der Waals surface area contributed by atoms with Gasteiger partial charge in [-0.25, -0.2) is 4.79 Å². The van der Waals surface area contributed by atoms with Gasteiger partial charge in [0, 0.05) is 4.88 Å². The number of hydrogen-bond acceptors (Lipinski definition) is 2. The topological polar surface area (TPSA) is 49.3 Å². The summed E-state index contributed by atoms with van der Waals surface area (Å²) in [5, 5.41) is 10.5. The van der Waals surface area contributed by atoms with Crippen molar-refractivity contribution in [3.63, 3.8) is 0 Å². The summed E-state index contributed by atoms with van der Waals surface area (Å²) in [7, 11) is 0. The molecule has 2 N–H and O–H groups in total. The summed E-state index contributed by atoms with van der Waals surface area (Å²) in [6.07, 6.45) is -1.02. The Balaban J connectivity index is 2.45. The van der Waals surface area contributed by atoms with Crippen molar-refractivity contribution >= 4 is 29.0 Å². The predicted octanol–water partition coefficient (Wildman–Crippen LogP) is 2.17. The largest absolute Gasteiger partial charge is 0.465 e. The molecule has 1 rings (SSSR count). The fraction of sp³-hybridized carbons (Fsp3) is 0.167. The Labute approximate surface area is 72.6 Å².